The Hall–Kier alpha value is -3.20. The van der Waals surface area contributed by atoms with E-state index >= 15 is 0 Å². The number of carbonyl (C=O) groups is 2. The van der Waals surface area contributed by atoms with E-state index in [9.17, 15) is 14.0 Å². The molecule has 1 aromatic heterocycles. The second-order valence-corrected chi connectivity index (χ2v) is 7.88. The van der Waals surface area contributed by atoms with Crippen molar-refractivity contribution in [3.8, 4) is 0 Å². The molecule has 162 valence electrons. The smallest absolute Gasteiger partial charge is 0.251 e. The average molecular weight is 442 g/mol. The molecular weight excluding hydrogens is 417 g/mol. The van der Waals surface area contributed by atoms with Crippen LogP contribution in [-0.4, -0.2) is 32.3 Å². The number of aryl methyl sites for hydroxylation is 1. The normalized spacial score (nSPS) is 11.7. The van der Waals surface area contributed by atoms with E-state index in [1.807, 2.05) is 24.5 Å². The van der Waals surface area contributed by atoms with Crippen LogP contribution in [0, 0.1) is 12.7 Å². The molecule has 7 nitrogen and oxygen atoms in total. The van der Waals surface area contributed by atoms with Gasteiger partial charge in [-0.3, -0.25) is 9.59 Å². The zero-order valence-electron chi connectivity index (χ0n) is 17.6. The van der Waals surface area contributed by atoms with Crippen LogP contribution in [0.15, 0.2) is 53.7 Å². The summed E-state index contributed by atoms with van der Waals surface area (Å²) in [5, 5.41) is 14.6. The van der Waals surface area contributed by atoms with Gasteiger partial charge in [0.2, 0.25) is 5.91 Å². The number of carbonyl (C=O) groups excluding carboxylic acids is 2. The molecule has 1 heterocycles. The van der Waals surface area contributed by atoms with Crippen LogP contribution in [0.4, 0.5) is 10.1 Å². The van der Waals surface area contributed by atoms with Crippen molar-refractivity contribution in [2.75, 3.05) is 11.1 Å². The molecule has 2 aromatic carbocycles. The maximum absolute atomic E-state index is 13.4. The quantitative estimate of drug-likeness (QED) is 0.517. The molecule has 2 amide bonds. The lowest BCUT2D eigenvalue weighted by Gasteiger charge is -2.15. The lowest BCUT2D eigenvalue weighted by atomic mass is 10.2. The maximum Gasteiger partial charge on any atom is 0.251 e. The van der Waals surface area contributed by atoms with Crippen LogP contribution in [0.3, 0.4) is 0 Å². The second-order valence-electron chi connectivity index (χ2n) is 6.94. The van der Waals surface area contributed by atoms with Crippen molar-refractivity contribution >= 4 is 29.3 Å². The Morgan fingerprint density at radius 3 is 2.61 bits per heavy atom. The highest BCUT2D eigenvalue weighted by Gasteiger charge is 2.20. The van der Waals surface area contributed by atoms with E-state index < -0.39 is 5.82 Å². The van der Waals surface area contributed by atoms with Gasteiger partial charge in [-0.25, -0.2) is 4.39 Å². The molecule has 3 aromatic rings. The van der Waals surface area contributed by atoms with Crippen LogP contribution in [0.1, 0.15) is 41.6 Å². The van der Waals surface area contributed by atoms with E-state index in [0.717, 1.165) is 5.56 Å². The lowest BCUT2D eigenvalue weighted by Crippen LogP contribution is -2.28. The van der Waals surface area contributed by atoms with Crippen molar-refractivity contribution in [3.63, 3.8) is 0 Å². The number of hydrogen-bond donors (Lipinski definition) is 2. The number of nitrogens with one attached hydrogen (secondary N) is 2. The molecule has 31 heavy (non-hydrogen) atoms. The number of halogens is 1. The molecule has 0 aliphatic rings. The van der Waals surface area contributed by atoms with Gasteiger partial charge in [-0.2, -0.15) is 0 Å². The van der Waals surface area contributed by atoms with Crippen molar-refractivity contribution in [2.24, 2.45) is 0 Å². The van der Waals surface area contributed by atoms with Gasteiger partial charge < -0.3 is 15.2 Å². The number of aromatic nitrogens is 3. The summed E-state index contributed by atoms with van der Waals surface area (Å²) in [7, 11) is 0. The number of nitrogens with zero attached hydrogens (tertiary/aromatic N) is 3. The molecule has 0 radical (unpaired) electrons. The van der Waals surface area contributed by atoms with Gasteiger partial charge in [-0.15, -0.1) is 10.2 Å². The molecule has 9 heteroatoms. The number of benzene rings is 2. The third-order valence-corrected chi connectivity index (χ3v) is 5.61. The largest absolute Gasteiger partial charge is 0.342 e. The Balaban J connectivity index is 1.63. The summed E-state index contributed by atoms with van der Waals surface area (Å²) in [5.41, 5.74) is 1.79. The molecule has 0 aliphatic heterocycles. The van der Waals surface area contributed by atoms with E-state index in [-0.39, 0.29) is 23.6 Å². The summed E-state index contributed by atoms with van der Waals surface area (Å²) in [6, 6.07) is 12.8. The topological polar surface area (TPSA) is 88.9 Å². The average Bonchev–Trinajstić information content (AvgIpc) is 3.18. The van der Waals surface area contributed by atoms with E-state index in [1.54, 1.807) is 37.3 Å². The minimum atomic E-state index is -0.407. The molecule has 0 fully saturated rings. The highest BCUT2D eigenvalue weighted by Crippen LogP contribution is 2.22. The fraction of sp³-hybridized carbons (Fsp3) is 0.273. The zero-order chi connectivity index (χ0) is 22.4. The third-order valence-electron chi connectivity index (χ3n) is 4.64. The van der Waals surface area contributed by atoms with Crippen molar-refractivity contribution in [2.45, 2.75) is 38.5 Å². The van der Waals surface area contributed by atoms with Crippen LogP contribution < -0.4 is 10.6 Å². The minimum Gasteiger partial charge on any atom is -0.342 e. The van der Waals surface area contributed by atoms with Gasteiger partial charge in [-0.05, 0) is 50.6 Å². The molecule has 2 N–H and O–H groups in total. The van der Waals surface area contributed by atoms with Crippen LogP contribution in [-0.2, 0) is 11.3 Å². The fourth-order valence-corrected chi connectivity index (χ4v) is 3.81. The molecule has 3 rings (SSSR count). The fourth-order valence-electron chi connectivity index (χ4n) is 3.00. The molecule has 1 atom stereocenters. The molecular formula is C22H24FN5O2S. The van der Waals surface area contributed by atoms with Crippen molar-refractivity contribution in [1.82, 2.24) is 20.1 Å². The Labute approximate surface area is 184 Å². The van der Waals surface area contributed by atoms with Crippen LogP contribution in [0.2, 0.25) is 0 Å². The summed E-state index contributed by atoms with van der Waals surface area (Å²) >= 11 is 1.23. The zero-order valence-corrected chi connectivity index (χ0v) is 18.4. The third kappa shape index (κ3) is 5.69. The van der Waals surface area contributed by atoms with Gasteiger partial charge in [0.05, 0.1) is 11.8 Å². The second kappa shape index (κ2) is 10.2. The summed E-state index contributed by atoms with van der Waals surface area (Å²) in [4.78, 5) is 24.7. The molecule has 0 spiro atoms. The standard InChI is InChI=1S/C22H24FN5O2S/c1-4-28-20(15(3)24-21(30)16-8-6-5-7-9-16)26-27-22(28)31-13-19(29)25-18-12-17(23)11-10-14(18)2/h5-12,15H,4,13H2,1-3H3,(H,24,30)(H,25,29)/t15-/m0/s1. The van der Waals surface area contributed by atoms with E-state index in [1.165, 1.54) is 23.9 Å². The predicted molar refractivity (Wildman–Crippen MR) is 119 cm³/mol. The highest BCUT2D eigenvalue weighted by atomic mass is 32.2. The van der Waals surface area contributed by atoms with Crippen molar-refractivity contribution in [3.05, 3.63) is 71.3 Å². The lowest BCUT2D eigenvalue weighted by molar-refractivity contribution is -0.113. The maximum atomic E-state index is 13.4. The van der Waals surface area contributed by atoms with Crippen LogP contribution in [0.25, 0.3) is 0 Å². The van der Waals surface area contributed by atoms with Gasteiger partial charge in [0.1, 0.15) is 5.82 Å². The molecule has 0 aliphatic carbocycles. The Bertz CT molecular complexity index is 1070. The van der Waals surface area contributed by atoms with Crippen LogP contribution in [0.5, 0.6) is 0 Å². The first-order chi connectivity index (χ1) is 14.9. The Morgan fingerprint density at radius 2 is 1.90 bits per heavy atom. The van der Waals surface area contributed by atoms with Gasteiger partial charge in [0, 0.05) is 17.8 Å². The first-order valence-electron chi connectivity index (χ1n) is 9.86. The number of thioether (sulfide) groups is 1. The summed E-state index contributed by atoms with van der Waals surface area (Å²) in [6.45, 7) is 6.16. The van der Waals surface area contributed by atoms with Gasteiger partial charge in [0.25, 0.3) is 5.91 Å². The highest BCUT2D eigenvalue weighted by molar-refractivity contribution is 7.99. The summed E-state index contributed by atoms with van der Waals surface area (Å²) in [6.07, 6.45) is 0. The Morgan fingerprint density at radius 1 is 1.16 bits per heavy atom. The number of amides is 2. The SMILES string of the molecule is CCn1c(SCC(=O)Nc2cc(F)ccc2C)nnc1[C@H](C)NC(=O)c1ccccc1. The van der Waals surface area contributed by atoms with Gasteiger partial charge in [0.15, 0.2) is 11.0 Å². The first-order valence-corrected chi connectivity index (χ1v) is 10.9. The molecule has 0 bridgehead atoms. The number of hydrogen-bond acceptors (Lipinski definition) is 5. The molecule has 0 unspecified atom stereocenters. The minimum absolute atomic E-state index is 0.0961. The van der Waals surface area contributed by atoms with Crippen LogP contribution >= 0.6 is 11.8 Å². The summed E-state index contributed by atoms with van der Waals surface area (Å²) < 4.78 is 15.3. The van der Waals surface area contributed by atoms with Crippen molar-refractivity contribution in [1.29, 1.82) is 0 Å². The number of rotatable bonds is 8. The Kier molecular flexibility index (Phi) is 7.41. The van der Waals surface area contributed by atoms with E-state index in [0.29, 0.717) is 28.8 Å². The summed E-state index contributed by atoms with van der Waals surface area (Å²) in [5.74, 6) is -0.168. The van der Waals surface area contributed by atoms with Gasteiger partial charge >= 0.3 is 0 Å². The van der Waals surface area contributed by atoms with E-state index in [2.05, 4.69) is 20.8 Å². The number of anilines is 1. The molecule has 0 saturated heterocycles. The van der Waals surface area contributed by atoms with Gasteiger partial charge in [-0.1, -0.05) is 36.0 Å². The van der Waals surface area contributed by atoms with Crippen molar-refractivity contribution < 1.29 is 14.0 Å². The first kappa shape index (κ1) is 22.5. The molecule has 0 saturated carbocycles. The monoisotopic (exact) mass is 441 g/mol. The van der Waals surface area contributed by atoms with E-state index in [4.69, 9.17) is 0 Å². The predicted octanol–water partition coefficient (Wildman–Crippen LogP) is 3.97.